The zero-order valence-electron chi connectivity index (χ0n) is 13.7. The Morgan fingerprint density at radius 3 is 2.96 bits per heavy atom. The second-order valence-electron chi connectivity index (χ2n) is 6.69. The minimum atomic E-state index is -0.226. The monoisotopic (exact) mass is 327 g/mol. The summed E-state index contributed by atoms with van der Waals surface area (Å²) in [7, 11) is 0. The first-order valence-electron chi connectivity index (χ1n) is 8.68. The van der Waals surface area contributed by atoms with Crippen LogP contribution in [0.15, 0.2) is 30.6 Å². The summed E-state index contributed by atoms with van der Waals surface area (Å²) in [6.45, 7) is 4.89. The van der Waals surface area contributed by atoms with Gasteiger partial charge in [-0.1, -0.05) is 12.1 Å². The van der Waals surface area contributed by atoms with Gasteiger partial charge in [-0.3, -0.25) is 0 Å². The van der Waals surface area contributed by atoms with Crippen molar-refractivity contribution in [2.24, 2.45) is 5.92 Å². The molecule has 1 aromatic carbocycles. The fourth-order valence-corrected chi connectivity index (χ4v) is 3.73. The van der Waals surface area contributed by atoms with Crippen LogP contribution in [-0.2, 0) is 17.6 Å². The maximum absolute atomic E-state index is 13.6. The van der Waals surface area contributed by atoms with Crippen molar-refractivity contribution >= 4 is 0 Å². The van der Waals surface area contributed by atoms with Crippen molar-refractivity contribution in [3.8, 4) is 11.3 Å². The van der Waals surface area contributed by atoms with Crippen molar-refractivity contribution in [3.63, 3.8) is 0 Å². The van der Waals surface area contributed by atoms with E-state index >= 15 is 0 Å². The van der Waals surface area contributed by atoms with Crippen LogP contribution >= 0.6 is 0 Å². The van der Waals surface area contributed by atoms with Crippen LogP contribution in [0.2, 0.25) is 0 Å². The van der Waals surface area contributed by atoms with Gasteiger partial charge in [0.15, 0.2) is 0 Å². The number of benzene rings is 1. The average Bonchev–Trinajstić information content (AvgIpc) is 3.02. The van der Waals surface area contributed by atoms with E-state index in [-0.39, 0.29) is 5.82 Å². The maximum Gasteiger partial charge on any atom is 0.123 e. The van der Waals surface area contributed by atoms with Crippen LogP contribution in [0.4, 0.5) is 4.39 Å². The largest absolute Gasteiger partial charge is 0.381 e. The fraction of sp³-hybridized carbons (Fsp3) is 0.474. The van der Waals surface area contributed by atoms with Crippen molar-refractivity contribution in [2.45, 2.75) is 19.3 Å². The first-order chi connectivity index (χ1) is 11.8. The number of fused-ring (bicyclic) bond motifs is 1. The second kappa shape index (κ2) is 6.95. The highest BCUT2D eigenvalue weighted by Gasteiger charge is 2.23. The Bertz CT molecular complexity index is 716. The lowest BCUT2D eigenvalue weighted by atomic mass is 10.0. The highest BCUT2D eigenvalue weighted by Crippen LogP contribution is 2.26. The van der Waals surface area contributed by atoms with E-state index in [4.69, 9.17) is 4.74 Å². The Balaban J connectivity index is 1.56. The molecule has 5 heteroatoms. The summed E-state index contributed by atoms with van der Waals surface area (Å²) in [5.41, 5.74) is 4.00. The molecule has 1 saturated heterocycles. The molecule has 2 aromatic rings. The van der Waals surface area contributed by atoms with Crippen LogP contribution in [-0.4, -0.2) is 47.7 Å². The van der Waals surface area contributed by atoms with Gasteiger partial charge < -0.3 is 9.64 Å². The van der Waals surface area contributed by atoms with E-state index in [1.807, 2.05) is 6.07 Å². The van der Waals surface area contributed by atoms with Gasteiger partial charge in [0.05, 0.1) is 12.3 Å². The van der Waals surface area contributed by atoms with Crippen LogP contribution in [0.3, 0.4) is 0 Å². The third-order valence-corrected chi connectivity index (χ3v) is 5.02. The quantitative estimate of drug-likeness (QED) is 0.869. The van der Waals surface area contributed by atoms with E-state index in [9.17, 15) is 4.39 Å². The Hall–Kier alpha value is -1.85. The van der Waals surface area contributed by atoms with Crippen LogP contribution in [0.5, 0.6) is 0 Å². The van der Waals surface area contributed by atoms with Crippen LogP contribution in [0.25, 0.3) is 11.3 Å². The van der Waals surface area contributed by atoms with E-state index in [2.05, 4.69) is 14.9 Å². The summed E-state index contributed by atoms with van der Waals surface area (Å²) in [6.07, 6.45) is 4.61. The molecule has 1 fully saturated rings. The van der Waals surface area contributed by atoms with E-state index in [1.54, 1.807) is 18.5 Å². The third kappa shape index (κ3) is 3.32. The molecule has 0 bridgehead atoms. The lowest BCUT2D eigenvalue weighted by Gasteiger charge is -2.22. The van der Waals surface area contributed by atoms with Gasteiger partial charge in [-0.05, 0) is 30.9 Å². The van der Waals surface area contributed by atoms with Gasteiger partial charge in [0.25, 0.3) is 0 Å². The van der Waals surface area contributed by atoms with Gasteiger partial charge in [-0.15, -0.1) is 0 Å². The summed E-state index contributed by atoms with van der Waals surface area (Å²) in [6, 6.07) is 6.68. The lowest BCUT2D eigenvalue weighted by molar-refractivity contribution is 0.168. The maximum atomic E-state index is 13.6. The van der Waals surface area contributed by atoms with Gasteiger partial charge in [-0.25, -0.2) is 14.4 Å². The minimum absolute atomic E-state index is 0.226. The highest BCUT2D eigenvalue weighted by molar-refractivity contribution is 5.63. The molecule has 0 saturated carbocycles. The number of hydrogen-bond acceptors (Lipinski definition) is 4. The molecule has 2 aliphatic rings. The van der Waals surface area contributed by atoms with Crippen molar-refractivity contribution in [1.82, 2.24) is 14.9 Å². The van der Waals surface area contributed by atoms with Gasteiger partial charge in [0.1, 0.15) is 12.1 Å². The summed E-state index contributed by atoms with van der Waals surface area (Å²) < 4.78 is 19.1. The molecule has 0 spiro atoms. The molecule has 1 aromatic heterocycles. The van der Waals surface area contributed by atoms with Gasteiger partial charge in [-0.2, -0.15) is 0 Å². The molecule has 4 rings (SSSR count). The van der Waals surface area contributed by atoms with Crippen LogP contribution in [0, 0.1) is 11.7 Å². The Kier molecular flexibility index (Phi) is 4.54. The zero-order valence-corrected chi connectivity index (χ0v) is 13.7. The van der Waals surface area contributed by atoms with E-state index in [0.29, 0.717) is 5.92 Å². The zero-order chi connectivity index (χ0) is 16.4. The molecule has 2 aliphatic heterocycles. The van der Waals surface area contributed by atoms with Crippen molar-refractivity contribution in [2.75, 3.05) is 32.8 Å². The average molecular weight is 327 g/mol. The van der Waals surface area contributed by atoms with Crippen molar-refractivity contribution in [3.05, 3.63) is 47.7 Å². The Morgan fingerprint density at radius 1 is 1.21 bits per heavy atom. The molecular weight excluding hydrogens is 305 g/mol. The smallest absolute Gasteiger partial charge is 0.123 e. The normalized spacial score (nSPS) is 21.5. The number of halogens is 1. The summed E-state index contributed by atoms with van der Waals surface area (Å²) in [5.74, 6) is 0.427. The van der Waals surface area contributed by atoms with Crippen molar-refractivity contribution in [1.29, 1.82) is 0 Å². The van der Waals surface area contributed by atoms with Crippen LogP contribution < -0.4 is 0 Å². The summed E-state index contributed by atoms with van der Waals surface area (Å²) in [5, 5.41) is 0. The Morgan fingerprint density at radius 2 is 2.12 bits per heavy atom. The Labute approximate surface area is 141 Å². The molecule has 4 nitrogen and oxygen atoms in total. The first kappa shape index (κ1) is 15.7. The third-order valence-electron chi connectivity index (χ3n) is 5.02. The number of aromatic nitrogens is 2. The van der Waals surface area contributed by atoms with Gasteiger partial charge in [0, 0.05) is 49.5 Å². The molecule has 0 aliphatic carbocycles. The highest BCUT2D eigenvalue weighted by atomic mass is 19.1. The molecule has 1 atom stereocenters. The minimum Gasteiger partial charge on any atom is -0.381 e. The van der Waals surface area contributed by atoms with E-state index in [1.165, 1.54) is 11.6 Å². The van der Waals surface area contributed by atoms with Crippen LogP contribution in [0.1, 0.15) is 17.7 Å². The summed E-state index contributed by atoms with van der Waals surface area (Å²) >= 11 is 0. The topological polar surface area (TPSA) is 38.2 Å². The van der Waals surface area contributed by atoms with E-state index < -0.39 is 0 Å². The summed E-state index contributed by atoms with van der Waals surface area (Å²) in [4.78, 5) is 11.5. The van der Waals surface area contributed by atoms with E-state index in [0.717, 1.165) is 69.1 Å². The lowest BCUT2D eigenvalue weighted by Crippen LogP contribution is -2.32. The number of ether oxygens (including phenoxy) is 1. The predicted molar refractivity (Wildman–Crippen MR) is 90.2 cm³/mol. The van der Waals surface area contributed by atoms with Crippen molar-refractivity contribution < 1.29 is 9.13 Å². The van der Waals surface area contributed by atoms with Gasteiger partial charge in [0.2, 0.25) is 0 Å². The molecule has 0 radical (unpaired) electrons. The number of hydrogen-bond donors (Lipinski definition) is 0. The predicted octanol–water partition coefficient (Wildman–Crippen LogP) is 2.72. The molecule has 0 N–H and O–H groups in total. The number of rotatable bonds is 3. The standard InChI is InChI=1S/C19H22FN3O/c20-16-3-1-2-15(10-16)19-17-4-7-23(11-14-6-9-24-12-14)8-5-18(17)21-13-22-19/h1-3,10,13-14H,4-9,11-12H2/t14-/m1/s1. The fourth-order valence-electron chi connectivity index (χ4n) is 3.73. The number of nitrogens with zero attached hydrogens (tertiary/aromatic N) is 3. The first-order valence-corrected chi connectivity index (χ1v) is 8.68. The molecule has 0 amide bonds. The molecule has 24 heavy (non-hydrogen) atoms. The van der Waals surface area contributed by atoms with Gasteiger partial charge >= 0.3 is 0 Å². The molecule has 0 unspecified atom stereocenters. The molecule has 126 valence electrons. The molecule has 3 heterocycles. The second-order valence-corrected chi connectivity index (χ2v) is 6.69. The SMILES string of the molecule is Fc1cccc(-c2ncnc3c2CCN(C[C@H]2CCOC2)CC3)c1. The molecular formula is C19H22FN3O.